The molecule has 0 unspecified atom stereocenters. The number of thiol groups is 1. The SMILES string of the molecule is Cc1cc(F)ccc1CCNC(=O)c1cc(S)cs1. The van der Waals surface area contributed by atoms with Crippen LogP contribution in [0.5, 0.6) is 0 Å². The van der Waals surface area contributed by atoms with E-state index in [1.165, 1.54) is 23.5 Å². The lowest BCUT2D eigenvalue weighted by atomic mass is 10.1. The van der Waals surface area contributed by atoms with E-state index in [1.807, 2.05) is 12.3 Å². The highest BCUT2D eigenvalue weighted by molar-refractivity contribution is 7.80. The predicted molar refractivity (Wildman–Crippen MR) is 78.7 cm³/mol. The first-order chi connectivity index (χ1) is 9.06. The third-order valence-corrected chi connectivity index (χ3v) is 4.16. The number of amides is 1. The Balaban J connectivity index is 1.88. The van der Waals surface area contributed by atoms with Gasteiger partial charge < -0.3 is 5.32 Å². The molecule has 0 atom stereocenters. The normalized spacial score (nSPS) is 10.5. The lowest BCUT2D eigenvalue weighted by molar-refractivity contribution is 0.0958. The minimum atomic E-state index is -0.231. The van der Waals surface area contributed by atoms with Gasteiger partial charge in [0.2, 0.25) is 0 Å². The van der Waals surface area contributed by atoms with Crippen LogP contribution in [0, 0.1) is 12.7 Å². The van der Waals surface area contributed by atoms with Gasteiger partial charge in [-0.05, 0) is 42.7 Å². The molecule has 100 valence electrons. The van der Waals surface area contributed by atoms with Crippen LogP contribution >= 0.6 is 24.0 Å². The van der Waals surface area contributed by atoms with Crippen molar-refractivity contribution in [3.8, 4) is 0 Å². The van der Waals surface area contributed by atoms with E-state index in [9.17, 15) is 9.18 Å². The summed E-state index contributed by atoms with van der Waals surface area (Å²) in [5, 5.41) is 4.67. The molecule has 1 amide bonds. The predicted octanol–water partition coefficient (Wildman–Crippen LogP) is 3.46. The number of rotatable bonds is 4. The van der Waals surface area contributed by atoms with Crippen LogP contribution in [0.25, 0.3) is 0 Å². The molecule has 0 saturated heterocycles. The molecule has 1 aromatic carbocycles. The van der Waals surface area contributed by atoms with Gasteiger partial charge in [0.05, 0.1) is 4.88 Å². The molecule has 0 aliphatic rings. The van der Waals surface area contributed by atoms with Crippen molar-refractivity contribution in [2.45, 2.75) is 18.2 Å². The Morgan fingerprint density at radius 2 is 2.21 bits per heavy atom. The molecular weight excluding hydrogens is 281 g/mol. The van der Waals surface area contributed by atoms with E-state index in [0.717, 1.165) is 16.0 Å². The summed E-state index contributed by atoms with van der Waals surface area (Å²) in [7, 11) is 0. The number of nitrogens with one attached hydrogen (secondary N) is 1. The fraction of sp³-hybridized carbons (Fsp3) is 0.214. The van der Waals surface area contributed by atoms with Crippen LogP contribution in [-0.2, 0) is 6.42 Å². The van der Waals surface area contributed by atoms with Gasteiger partial charge in [-0.25, -0.2) is 4.39 Å². The zero-order chi connectivity index (χ0) is 13.8. The molecule has 2 nitrogen and oxygen atoms in total. The summed E-state index contributed by atoms with van der Waals surface area (Å²) >= 11 is 5.54. The maximum absolute atomic E-state index is 12.9. The molecule has 0 aliphatic carbocycles. The lowest BCUT2D eigenvalue weighted by Gasteiger charge is -2.07. The topological polar surface area (TPSA) is 29.1 Å². The van der Waals surface area contributed by atoms with E-state index >= 15 is 0 Å². The second-order valence-corrected chi connectivity index (χ2v) is 5.67. The Morgan fingerprint density at radius 3 is 2.84 bits per heavy atom. The molecule has 0 bridgehead atoms. The molecule has 0 radical (unpaired) electrons. The summed E-state index contributed by atoms with van der Waals surface area (Å²) in [6, 6.07) is 6.44. The third-order valence-electron chi connectivity index (χ3n) is 2.79. The molecule has 1 aromatic heterocycles. The van der Waals surface area contributed by atoms with E-state index in [4.69, 9.17) is 0 Å². The van der Waals surface area contributed by atoms with Crippen LogP contribution in [0.15, 0.2) is 34.5 Å². The van der Waals surface area contributed by atoms with Crippen molar-refractivity contribution >= 4 is 29.9 Å². The van der Waals surface area contributed by atoms with E-state index in [0.29, 0.717) is 17.8 Å². The first kappa shape index (κ1) is 14.1. The minimum Gasteiger partial charge on any atom is -0.351 e. The van der Waals surface area contributed by atoms with Crippen molar-refractivity contribution in [3.05, 3.63) is 51.5 Å². The molecule has 1 N–H and O–H groups in total. The highest BCUT2D eigenvalue weighted by atomic mass is 32.1. The van der Waals surface area contributed by atoms with Crippen LogP contribution in [0.1, 0.15) is 20.8 Å². The lowest BCUT2D eigenvalue weighted by Crippen LogP contribution is -2.25. The molecule has 0 spiro atoms. The molecule has 0 aliphatic heterocycles. The largest absolute Gasteiger partial charge is 0.351 e. The van der Waals surface area contributed by atoms with Crippen LogP contribution in [0.2, 0.25) is 0 Å². The molecule has 19 heavy (non-hydrogen) atoms. The van der Waals surface area contributed by atoms with E-state index < -0.39 is 0 Å². The number of thiophene rings is 1. The average Bonchev–Trinajstić information content (AvgIpc) is 2.78. The molecule has 2 rings (SSSR count). The zero-order valence-electron chi connectivity index (χ0n) is 10.4. The zero-order valence-corrected chi connectivity index (χ0v) is 12.2. The Labute approximate surface area is 121 Å². The quantitative estimate of drug-likeness (QED) is 0.831. The van der Waals surface area contributed by atoms with Crippen LogP contribution in [0.4, 0.5) is 4.39 Å². The van der Waals surface area contributed by atoms with Crippen molar-refractivity contribution in [1.29, 1.82) is 0 Å². The van der Waals surface area contributed by atoms with Gasteiger partial charge in [0.25, 0.3) is 5.91 Å². The van der Waals surface area contributed by atoms with Gasteiger partial charge in [-0.15, -0.1) is 24.0 Å². The second kappa shape index (κ2) is 6.21. The number of benzene rings is 1. The van der Waals surface area contributed by atoms with Gasteiger partial charge >= 0.3 is 0 Å². The Bertz CT molecular complexity index is 595. The minimum absolute atomic E-state index is 0.0925. The molecule has 0 fully saturated rings. The second-order valence-electron chi connectivity index (χ2n) is 4.25. The van der Waals surface area contributed by atoms with Gasteiger partial charge in [-0.1, -0.05) is 6.07 Å². The monoisotopic (exact) mass is 295 g/mol. The number of halogens is 1. The highest BCUT2D eigenvalue weighted by Gasteiger charge is 2.07. The van der Waals surface area contributed by atoms with Crippen molar-refractivity contribution in [2.75, 3.05) is 6.54 Å². The third kappa shape index (κ3) is 3.81. The Hall–Kier alpha value is -1.33. The van der Waals surface area contributed by atoms with Gasteiger partial charge in [0.1, 0.15) is 5.82 Å². The molecule has 2 aromatic rings. The summed E-state index contributed by atoms with van der Waals surface area (Å²) in [5.41, 5.74) is 1.95. The summed E-state index contributed by atoms with van der Waals surface area (Å²) in [6.07, 6.45) is 0.691. The molecule has 5 heteroatoms. The van der Waals surface area contributed by atoms with Crippen molar-refractivity contribution in [3.63, 3.8) is 0 Å². The molecule has 0 saturated carbocycles. The fourth-order valence-corrected chi connectivity index (χ4v) is 2.85. The van der Waals surface area contributed by atoms with Crippen molar-refractivity contribution in [1.82, 2.24) is 5.32 Å². The van der Waals surface area contributed by atoms with E-state index in [2.05, 4.69) is 17.9 Å². The van der Waals surface area contributed by atoms with Crippen LogP contribution < -0.4 is 5.32 Å². The summed E-state index contributed by atoms with van der Waals surface area (Å²) in [4.78, 5) is 13.2. The Kier molecular flexibility index (Phi) is 4.61. The molecular formula is C14H14FNOS2. The maximum Gasteiger partial charge on any atom is 0.261 e. The van der Waals surface area contributed by atoms with Gasteiger partial charge in [0.15, 0.2) is 0 Å². The summed E-state index contributed by atoms with van der Waals surface area (Å²) in [5.74, 6) is -0.324. The van der Waals surface area contributed by atoms with E-state index in [-0.39, 0.29) is 11.7 Å². The smallest absolute Gasteiger partial charge is 0.261 e. The van der Waals surface area contributed by atoms with Crippen molar-refractivity contribution in [2.24, 2.45) is 0 Å². The van der Waals surface area contributed by atoms with Gasteiger partial charge in [-0.3, -0.25) is 4.79 Å². The fourth-order valence-electron chi connectivity index (χ4n) is 1.78. The first-order valence-corrected chi connectivity index (χ1v) is 7.19. The number of carbonyl (C=O) groups excluding carboxylic acids is 1. The highest BCUT2D eigenvalue weighted by Crippen LogP contribution is 2.17. The standard InChI is InChI=1S/C14H14FNOS2/c1-9-6-11(15)3-2-10(9)4-5-16-14(17)13-7-12(18)8-19-13/h2-3,6-8,18H,4-5H2,1H3,(H,16,17). The van der Waals surface area contributed by atoms with Gasteiger partial charge in [0, 0.05) is 16.8 Å². The van der Waals surface area contributed by atoms with Crippen LogP contribution in [-0.4, -0.2) is 12.5 Å². The van der Waals surface area contributed by atoms with Gasteiger partial charge in [-0.2, -0.15) is 0 Å². The Morgan fingerprint density at radius 1 is 1.42 bits per heavy atom. The number of aryl methyl sites for hydroxylation is 1. The summed E-state index contributed by atoms with van der Waals surface area (Å²) in [6.45, 7) is 2.40. The maximum atomic E-state index is 12.9. The van der Waals surface area contributed by atoms with E-state index in [1.54, 1.807) is 12.1 Å². The average molecular weight is 295 g/mol. The number of hydrogen-bond acceptors (Lipinski definition) is 3. The van der Waals surface area contributed by atoms with Crippen LogP contribution in [0.3, 0.4) is 0 Å². The summed E-state index contributed by atoms with van der Waals surface area (Å²) < 4.78 is 12.9. The number of hydrogen-bond donors (Lipinski definition) is 2. The number of carbonyl (C=O) groups is 1. The first-order valence-electron chi connectivity index (χ1n) is 5.87. The molecule has 1 heterocycles. The van der Waals surface area contributed by atoms with Crippen molar-refractivity contribution < 1.29 is 9.18 Å².